The fraction of sp³-hybridized carbons (Fsp3) is 0.400. The van der Waals surface area contributed by atoms with E-state index in [4.69, 9.17) is 4.74 Å². The first-order chi connectivity index (χ1) is 7.76. The van der Waals surface area contributed by atoms with Crippen molar-refractivity contribution in [1.82, 2.24) is 4.98 Å². The number of amides is 1. The molecule has 0 aliphatic rings. The van der Waals surface area contributed by atoms with Crippen molar-refractivity contribution in [2.75, 3.05) is 38.0 Å². The van der Waals surface area contributed by atoms with Crippen LogP contribution in [0.1, 0.15) is 0 Å². The Balaban J connectivity index is 2.44. The largest absolute Gasteiger partial charge is 0.453 e. The van der Waals surface area contributed by atoms with Crippen LogP contribution < -0.4 is 10.6 Å². The lowest BCUT2D eigenvalue weighted by Gasteiger charge is -2.06. The van der Waals surface area contributed by atoms with E-state index >= 15 is 0 Å². The van der Waals surface area contributed by atoms with Crippen LogP contribution in [-0.2, 0) is 9.47 Å². The SMILES string of the molecule is COCCNc1ccc(NC(=O)OC)nc1. The second kappa shape index (κ2) is 6.62. The molecule has 1 aromatic rings. The maximum absolute atomic E-state index is 10.9. The van der Waals surface area contributed by atoms with Crippen molar-refractivity contribution in [2.45, 2.75) is 0 Å². The summed E-state index contributed by atoms with van der Waals surface area (Å²) in [6.45, 7) is 1.34. The van der Waals surface area contributed by atoms with Gasteiger partial charge in [0.05, 0.1) is 25.6 Å². The molecule has 6 nitrogen and oxygen atoms in total. The van der Waals surface area contributed by atoms with Gasteiger partial charge in [0.2, 0.25) is 0 Å². The summed E-state index contributed by atoms with van der Waals surface area (Å²) in [6, 6.07) is 3.50. The third-order valence-corrected chi connectivity index (χ3v) is 1.81. The van der Waals surface area contributed by atoms with E-state index in [0.29, 0.717) is 19.0 Å². The molecule has 0 bridgehead atoms. The fourth-order valence-corrected chi connectivity index (χ4v) is 1.03. The minimum Gasteiger partial charge on any atom is -0.453 e. The van der Waals surface area contributed by atoms with Gasteiger partial charge in [-0.1, -0.05) is 0 Å². The number of ether oxygens (including phenoxy) is 2. The smallest absolute Gasteiger partial charge is 0.412 e. The van der Waals surface area contributed by atoms with Crippen LogP contribution in [-0.4, -0.2) is 38.4 Å². The van der Waals surface area contributed by atoms with Gasteiger partial charge in [0.25, 0.3) is 0 Å². The number of anilines is 2. The molecule has 88 valence electrons. The van der Waals surface area contributed by atoms with Crippen molar-refractivity contribution in [1.29, 1.82) is 0 Å². The standard InChI is InChI=1S/C10H15N3O3/c1-15-6-5-11-8-3-4-9(12-7-8)13-10(14)16-2/h3-4,7,11H,5-6H2,1-2H3,(H,12,13,14). The van der Waals surface area contributed by atoms with E-state index in [1.54, 1.807) is 19.4 Å². The van der Waals surface area contributed by atoms with Gasteiger partial charge in [-0.05, 0) is 12.1 Å². The van der Waals surface area contributed by atoms with Gasteiger partial charge < -0.3 is 14.8 Å². The van der Waals surface area contributed by atoms with Crippen LogP contribution in [0.4, 0.5) is 16.3 Å². The van der Waals surface area contributed by atoms with Gasteiger partial charge in [-0.15, -0.1) is 0 Å². The van der Waals surface area contributed by atoms with E-state index in [9.17, 15) is 4.79 Å². The summed E-state index contributed by atoms with van der Waals surface area (Å²) in [5, 5.41) is 5.57. The van der Waals surface area contributed by atoms with Crippen molar-refractivity contribution in [3.05, 3.63) is 18.3 Å². The molecule has 0 spiro atoms. The Morgan fingerprint density at radius 3 is 2.81 bits per heavy atom. The highest BCUT2D eigenvalue weighted by Crippen LogP contribution is 2.09. The molecule has 0 saturated carbocycles. The van der Waals surface area contributed by atoms with Crippen LogP contribution in [0.5, 0.6) is 0 Å². The number of nitrogens with zero attached hydrogens (tertiary/aromatic N) is 1. The summed E-state index contributed by atoms with van der Waals surface area (Å²) in [5.41, 5.74) is 0.868. The highest BCUT2D eigenvalue weighted by atomic mass is 16.5. The second-order valence-corrected chi connectivity index (χ2v) is 2.97. The van der Waals surface area contributed by atoms with Gasteiger partial charge in [0, 0.05) is 13.7 Å². The number of rotatable bonds is 5. The van der Waals surface area contributed by atoms with Crippen molar-refractivity contribution in [3.63, 3.8) is 0 Å². The first-order valence-corrected chi connectivity index (χ1v) is 4.80. The van der Waals surface area contributed by atoms with Crippen molar-refractivity contribution < 1.29 is 14.3 Å². The van der Waals surface area contributed by atoms with E-state index in [0.717, 1.165) is 5.69 Å². The Hall–Kier alpha value is -1.82. The molecule has 6 heteroatoms. The van der Waals surface area contributed by atoms with Crippen LogP contribution in [0.3, 0.4) is 0 Å². The second-order valence-electron chi connectivity index (χ2n) is 2.97. The van der Waals surface area contributed by atoms with Crippen molar-refractivity contribution >= 4 is 17.6 Å². The number of hydrogen-bond donors (Lipinski definition) is 2. The zero-order valence-corrected chi connectivity index (χ0v) is 9.32. The third kappa shape index (κ3) is 4.14. The minimum atomic E-state index is -0.535. The number of pyridine rings is 1. The van der Waals surface area contributed by atoms with E-state index in [1.165, 1.54) is 7.11 Å². The Morgan fingerprint density at radius 2 is 2.25 bits per heavy atom. The highest BCUT2D eigenvalue weighted by molar-refractivity contribution is 5.83. The molecule has 0 saturated heterocycles. The molecule has 16 heavy (non-hydrogen) atoms. The number of nitrogens with one attached hydrogen (secondary N) is 2. The number of methoxy groups -OCH3 is 2. The molecule has 0 fully saturated rings. The van der Waals surface area contributed by atoms with Crippen LogP contribution in [0.2, 0.25) is 0 Å². The number of carbonyl (C=O) groups is 1. The molecule has 0 unspecified atom stereocenters. The summed E-state index contributed by atoms with van der Waals surface area (Å²) in [6.07, 6.45) is 1.09. The first kappa shape index (κ1) is 12.3. The molecule has 1 rings (SSSR count). The zero-order valence-electron chi connectivity index (χ0n) is 9.32. The predicted molar refractivity (Wildman–Crippen MR) is 60.6 cm³/mol. The molecule has 1 aromatic heterocycles. The predicted octanol–water partition coefficient (Wildman–Crippen LogP) is 1.32. The summed E-state index contributed by atoms with van der Waals surface area (Å²) in [7, 11) is 2.94. The lowest BCUT2D eigenvalue weighted by Crippen LogP contribution is -2.12. The quantitative estimate of drug-likeness (QED) is 0.739. The first-order valence-electron chi connectivity index (χ1n) is 4.80. The number of hydrogen-bond acceptors (Lipinski definition) is 5. The molecule has 1 heterocycles. The monoisotopic (exact) mass is 225 g/mol. The van der Waals surface area contributed by atoms with Crippen molar-refractivity contribution in [2.24, 2.45) is 0 Å². The van der Waals surface area contributed by atoms with Crippen molar-refractivity contribution in [3.8, 4) is 0 Å². The third-order valence-electron chi connectivity index (χ3n) is 1.81. The van der Waals surface area contributed by atoms with Gasteiger partial charge in [-0.2, -0.15) is 0 Å². The van der Waals surface area contributed by atoms with Crippen LogP contribution in [0.15, 0.2) is 18.3 Å². The summed E-state index contributed by atoms with van der Waals surface area (Å²) in [5.74, 6) is 0.448. The van der Waals surface area contributed by atoms with E-state index in [2.05, 4.69) is 20.4 Å². The molecular weight excluding hydrogens is 210 g/mol. The average molecular weight is 225 g/mol. The van der Waals surface area contributed by atoms with E-state index < -0.39 is 6.09 Å². The maximum atomic E-state index is 10.9. The highest BCUT2D eigenvalue weighted by Gasteiger charge is 2.00. The Morgan fingerprint density at radius 1 is 1.44 bits per heavy atom. The summed E-state index contributed by atoms with van der Waals surface area (Å²) >= 11 is 0. The molecule has 0 radical (unpaired) electrons. The van der Waals surface area contributed by atoms with Crippen LogP contribution >= 0.6 is 0 Å². The summed E-state index contributed by atoms with van der Waals surface area (Å²) in [4.78, 5) is 14.9. The molecule has 2 N–H and O–H groups in total. The van der Waals surface area contributed by atoms with Gasteiger partial charge in [-0.3, -0.25) is 5.32 Å². The van der Waals surface area contributed by atoms with Gasteiger partial charge >= 0.3 is 6.09 Å². The zero-order chi connectivity index (χ0) is 11.8. The topological polar surface area (TPSA) is 72.5 Å². The van der Waals surface area contributed by atoms with E-state index in [1.807, 2.05) is 6.07 Å². The number of aromatic nitrogens is 1. The molecule has 1 amide bonds. The minimum absolute atomic E-state index is 0.448. The Kier molecular flexibility index (Phi) is 5.07. The molecule has 0 atom stereocenters. The maximum Gasteiger partial charge on any atom is 0.412 e. The molecular formula is C10H15N3O3. The molecule has 0 aliphatic carbocycles. The average Bonchev–Trinajstić information content (AvgIpc) is 2.31. The van der Waals surface area contributed by atoms with Gasteiger partial charge in [0.15, 0.2) is 0 Å². The lowest BCUT2D eigenvalue weighted by atomic mass is 10.4. The normalized spacial score (nSPS) is 9.62. The fourth-order valence-electron chi connectivity index (χ4n) is 1.03. The van der Waals surface area contributed by atoms with E-state index in [-0.39, 0.29) is 0 Å². The van der Waals surface area contributed by atoms with Crippen LogP contribution in [0.25, 0.3) is 0 Å². The van der Waals surface area contributed by atoms with Gasteiger partial charge in [-0.25, -0.2) is 9.78 Å². The molecule has 0 aliphatic heterocycles. The Labute approximate surface area is 94.0 Å². The Bertz CT molecular complexity index is 327. The molecule has 0 aromatic carbocycles. The summed E-state index contributed by atoms with van der Waals surface area (Å²) < 4.78 is 9.34. The number of carbonyl (C=O) groups excluding carboxylic acids is 1. The van der Waals surface area contributed by atoms with Gasteiger partial charge in [0.1, 0.15) is 5.82 Å². The lowest BCUT2D eigenvalue weighted by molar-refractivity contribution is 0.187. The van der Waals surface area contributed by atoms with Crippen LogP contribution in [0, 0.1) is 0 Å².